The second-order valence-corrected chi connectivity index (χ2v) is 5.42. The predicted molar refractivity (Wildman–Crippen MR) is 85.5 cm³/mol. The van der Waals surface area contributed by atoms with E-state index in [1.165, 1.54) is 11.1 Å². The Morgan fingerprint density at radius 1 is 1.00 bits per heavy atom. The smallest absolute Gasteiger partial charge is 0.0340 e. The standard InChI is InChI=1S/C16H19BrN2/c1-18-16-7-3-5-14(11-16)12-19-9-8-13-4-2-6-15(17)10-13/h2-7,10-11,18-19H,8-9,12H2,1H3. The van der Waals surface area contributed by atoms with Crippen molar-refractivity contribution >= 4 is 21.6 Å². The van der Waals surface area contributed by atoms with Gasteiger partial charge in [-0.3, -0.25) is 0 Å². The van der Waals surface area contributed by atoms with Crippen molar-refractivity contribution in [1.82, 2.24) is 5.32 Å². The molecule has 2 rings (SSSR count). The minimum Gasteiger partial charge on any atom is -0.388 e. The third kappa shape index (κ3) is 4.69. The third-order valence-corrected chi connectivity index (χ3v) is 3.52. The van der Waals surface area contributed by atoms with Crippen LogP contribution in [0.5, 0.6) is 0 Å². The van der Waals surface area contributed by atoms with Gasteiger partial charge in [-0.1, -0.05) is 40.2 Å². The molecule has 0 amide bonds. The maximum absolute atomic E-state index is 3.50. The van der Waals surface area contributed by atoms with Gasteiger partial charge in [0.15, 0.2) is 0 Å². The molecule has 0 bridgehead atoms. The van der Waals surface area contributed by atoms with Crippen molar-refractivity contribution in [3.05, 3.63) is 64.1 Å². The van der Waals surface area contributed by atoms with Gasteiger partial charge < -0.3 is 10.6 Å². The second kappa shape index (κ2) is 7.31. The maximum Gasteiger partial charge on any atom is 0.0340 e. The molecule has 0 radical (unpaired) electrons. The molecule has 0 fully saturated rings. The van der Waals surface area contributed by atoms with Gasteiger partial charge in [-0.2, -0.15) is 0 Å². The predicted octanol–water partition coefficient (Wildman–Crippen LogP) is 3.82. The fourth-order valence-corrected chi connectivity index (χ4v) is 2.44. The van der Waals surface area contributed by atoms with Gasteiger partial charge in [0.05, 0.1) is 0 Å². The molecule has 0 aliphatic rings. The summed E-state index contributed by atoms with van der Waals surface area (Å²) in [6, 6.07) is 16.9. The number of benzene rings is 2. The van der Waals surface area contributed by atoms with E-state index in [2.05, 4.69) is 75.1 Å². The van der Waals surface area contributed by atoms with Gasteiger partial charge in [0.25, 0.3) is 0 Å². The molecule has 2 aromatic rings. The van der Waals surface area contributed by atoms with Crippen molar-refractivity contribution in [2.45, 2.75) is 13.0 Å². The van der Waals surface area contributed by atoms with E-state index < -0.39 is 0 Å². The molecule has 2 N–H and O–H groups in total. The van der Waals surface area contributed by atoms with Crippen LogP contribution in [0.1, 0.15) is 11.1 Å². The molecule has 0 aromatic heterocycles. The second-order valence-electron chi connectivity index (χ2n) is 4.51. The molecule has 100 valence electrons. The lowest BCUT2D eigenvalue weighted by Crippen LogP contribution is -2.16. The van der Waals surface area contributed by atoms with Crippen LogP contribution in [0.2, 0.25) is 0 Å². The van der Waals surface area contributed by atoms with Crippen LogP contribution in [0.15, 0.2) is 53.0 Å². The molecule has 2 aromatic carbocycles. The normalized spacial score (nSPS) is 10.4. The van der Waals surface area contributed by atoms with Crippen LogP contribution >= 0.6 is 15.9 Å². The number of hydrogen-bond acceptors (Lipinski definition) is 2. The van der Waals surface area contributed by atoms with Crippen molar-refractivity contribution in [3.63, 3.8) is 0 Å². The summed E-state index contributed by atoms with van der Waals surface area (Å²) < 4.78 is 1.15. The highest BCUT2D eigenvalue weighted by Gasteiger charge is 1.96. The number of hydrogen-bond donors (Lipinski definition) is 2. The van der Waals surface area contributed by atoms with Gasteiger partial charge >= 0.3 is 0 Å². The number of nitrogens with one attached hydrogen (secondary N) is 2. The number of rotatable bonds is 6. The number of anilines is 1. The Hall–Kier alpha value is -1.32. The quantitative estimate of drug-likeness (QED) is 0.791. The molecule has 3 heteroatoms. The van der Waals surface area contributed by atoms with E-state index in [4.69, 9.17) is 0 Å². The van der Waals surface area contributed by atoms with Gasteiger partial charge in [-0.15, -0.1) is 0 Å². The average Bonchev–Trinajstić information content (AvgIpc) is 2.44. The molecule has 0 saturated heterocycles. The largest absolute Gasteiger partial charge is 0.388 e. The first-order valence-electron chi connectivity index (χ1n) is 6.50. The Balaban J connectivity index is 1.77. The van der Waals surface area contributed by atoms with Crippen molar-refractivity contribution in [2.75, 3.05) is 18.9 Å². The minimum absolute atomic E-state index is 0.906. The molecule has 0 unspecified atom stereocenters. The van der Waals surface area contributed by atoms with Crippen molar-refractivity contribution < 1.29 is 0 Å². The lowest BCUT2D eigenvalue weighted by molar-refractivity contribution is 0.687. The van der Waals surface area contributed by atoms with Gasteiger partial charge in [0, 0.05) is 23.8 Å². The third-order valence-electron chi connectivity index (χ3n) is 3.02. The van der Waals surface area contributed by atoms with Crippen LogP contribution in [0.3, 0.4) is 0 Å². The first-order valence-corrected chi connectivity index (χ1v) is 7.29. The summed E-state index contributed by atoms with van der Waals surface area (Å²) in [5.74, 6) is 0. The van der Waals surface area contributed by atoms with Crippen LogP contribution in [0.4, 0.5) is 5.69 Å². The first kappa shape index (κ1) is 14.1. The summed E-state index contributed by atoms with van der Waals surface area (Å²) in [6.45, 7) is 1.89. The average molecular weight is 319 g/mol. The number of halogens is 1. The van der Waals surface area contributed by atoms with Gasteiger partial charge in [0.2, 0.25) is 0 Å². The van der Waals surface area contributed by atoms with E-state index in [9.17, 15) is 0 Å². The van der Waals surface area contributed by atoms with E-state index in [1.807, 2.05) is 7.05 Å². The molecule has 0 aliphatic carbocycles. The lowest BCUT2D eigenvalue weighted by Gasteiger charge is -2.07. The fraction of sp³-hybridized carbons (Fsp3) is 0.250. The van der Waals surface area contributed by atoms with E-state index in [-0.39, 0.29) is 0 Å². The SMILES string of the molecule is CNc1cccc(CNCCc2cccc(Br)c2)c1. The van der Waals surface area contributed by atoms with Gasteiger partial charge in [0.1, 0.15) is 0 Å². The molecular weight excluding hydrogens is 300 g/mol. The molecular formula is C16H19BrN2. The molecule has 2 nitrogen and oxygen atoms in total. The zero-order valence-corrected chi connectivity index (χ0v) is 12.7. The molecule has 0 aliphatic heterocycles. The molecule has 0 saturated carbocycles. The zero-order chi connectivity index (χ0) is 13.5. The van der Waals surface area contributed by atoms with Crippen LogP contribution in [-0.4, -0.2) is 13.6 Å². The van der Waals surface area contributed by atoms with Gasteiger partial charge in [-0.05, 0) is 48.4 Å². The highest BCUT2D eigenvalue weighted by molar-refractivity contribution is 9.10. The van der Waals surface area contributed by atoms with E-state index in [0.29, 0.717) is 0 Å². The zero-order valence-electron chi connectivity index (χ0n) is 11.1. The monoisotopic (exact) mass is 318 g/mol. The summed E-state index contributed by atoms with van der Waals surface area (Å²) in [5.41, 5.74) is 3.82. The van der Waals surface area contributed by atoms with E-state index in [0.717, 1.165) is 29.7 Å². The summed E-state index contributed by atoms with van der Waals surface area (Å²) in [7, 11) is 1.94. The molecule has 0 atom stereocenters. The van der Waals surface area contributed by atoms with Crippen LogP contribution in [-0.2, 0) is 13.0 Å². The fourth-order valence-electron chi connectivity index (χ4n) is 1.99. The Bertz CT molecular complexity index is 526. The molecule has 0 heterocycles. The van der Waals surface area contributed by atoms with Crippen LogP contribution < -0.4 is 10.6 Å². The van der Waals surface area contributed by atoms with Gasteiger partial charge in [-0.25, -0.2) is 0 Å². The summed E-state index contributed by atoms with van der Waals surface area (Å²) >= 11 is 3.50. The van der Waals surface area contributed by atoms with Crippen LogP contribution in [0.25, 0.3) is 0 Å². The van der Waals surface area contributed by atoms with E-state index in [1.54, 1.807) is 0 Å². The van der Waals surface area contributed by atoms with E-state index >= 15 is 0 Å². The van der Waals surface area contributed by atoms with Crippen molar-refractivity contribution in [2.24, 2.45) is 0 Å². The topological polar surface area (TPSA) is 24.1 Å². The minimum atomic E-state index is 0.906. The molecule has 0 spiro atoms. The Morgan fingerprint density at radius 3 is 2.58 bits per heavy atom. The maximum atomic E-state index is 3.50. The Morgan fingerprint density at radius 2 is 1.79 bits per heavy atom. The van der Waals surface area contributed by atoms with Crippen molar-refractivity contribution in [3.8, 4) is 0 Å². The van der Waals surface area contributed by atoms with Crippen molar-refractivity contribution in [1.29, 1.82) is 0 Å². The Labute approximate surface area is 123 Å². The highest BCUT2D eigenvalue weighted by atomic mass is 79.9. The lowest BCUT2D eigenvalue weighted by atomic mass is 10.1. The summed E-state index contributed by atoms with van der Waals surface area (Å²) in [6.07, 6.45) is 1.05. The summed E-state index contributed by atoms with van der Waals surface area (Å²) in [4.78, 5) is 0. The van der Waals surface area contributed by atoms with Crippen LogP contribution in [0, 0.1) is 0 Å². The summed E-state index contributed by atoms with van der Waals surface area (Å²) in [5, 5.41) is 6.63. The Kier molecular flexibility index (Phi) is 5.43. The highest BCUT2D eigenvalue weighted by Crippen LogP contribution is 2.12. The first-order chi connectivity index (χ1) is 9.28. The molecule has 19 heavy (non-hydrogen) atoms.